The van der Waals surface area contributed by atoms with E-state index in [9.17, 15) is 13.2 Å². The summed E-state index contributed by atoms with van der Waals surface area (Å²) in [5.41, 5.74) is 0.103. The Morgan fingerprint density at radius 1 is 1.26 bits per heavy atom. The molecule has 0 aliphatic rings. The maximum absolute atomic E-state index is 12.4. The van der Waals surface area contributed by atoms with Gasteiger partial charge in [0.1, 0.15) is 0 Å². The predicted molar refractivity (Wildman–Crippen MR) is 60.9 cm³/mol. The third-order valence-electron chi connectivity index (χ3n) is 2.64. The van der Waals surface area contributed by atoms with Crippen LogP contribution in [0, 0.1) is 0 Å². The molecule has 1 heterocycles. The van der Waals surface area contributed by atoms with Gasteiger partial charge in [0.15, 0.2) is 5.82 Å². The number of halogens is 3. The normalized spacial score (nSPS) is 13.5. The van der Waals surface area contributed by atoms with E-state index in [2.05, 4.69) is 25.9 Å². The Morgan fingerprint density at radius 3 is 2.47 bits per heavy atom. The molecule has 19 heavy (non-hydrogen) atoms. The van der Waals surface area contributed by atoms with Gasteiger partial charge in [-0.1, -0.05) is 17.3 Å². The summed E-state index contributed by atoms with van der Waals surface area (Å²) in [6.07, 6.45) is -4.30. The molecule has 102 valence electrons. The fourth-order valence-corrected chi connectivity index (χ4v) is 1.53. The van der Waals surface area contributed by atoms with E-state index in [0.29, 0.717) is 12.4 Å². The van der Waals surface area contributed by atoms with Gasteiger partial charge >= 0.3 is 6.18 Å². The van der Waals surface area contributed by atoms with Gasteiger partial charge in [0.05, 0.1) is 11.6 Å². The molecule has 0 saturated heterocycles. The van der Waals surface area contributed by atoms with Crippen LogP contribution in [-0.4, -0.2) is 20.6 Å². The van der Waals surface area contributed by atoms with E-state index < -0.39 is 11.7 Å². The van der Waals surface area contributed by atoms with Crippen LogP contribution in [0.1, 0.15) is 29.9 Å². The average molecular weight is 271 g/mol. The number of tetrazole rings is 1. The zero-order valence-electron chi connectivity index (χ0n) is 10.1. The predicted octanol–water partition coefficient (Wildman–Crippen LogP) is 2.07. The highest BCUT2D eigenvalue weighted by Crippen LogP contribution is 2.29. The Morgan fingerprint density at radius 2 is 1.95 bits per heavy atom. The lowest BCUT2D eigenvalue weighted by Crippen LogP contribution is -2.19. The van der Waals surface area contributed by atoms with E-state index in [1.54, 1.807) is 0 Å². The Kier molecular flexibility index (Phi) is 3.79. The number of nitrogens with zero attached hydrogens (tertiary/aromatic N) is 3. The van der Waals surface area contributed by atoms with E-state index >= 15 is 0 Å². The first kappa shape index (κ1) is 13.5. The molecule has 1 aromatic heterocycles. The number of rotatable bonds is 4. The van der Waals surface area contributed by atoms with Crippen LogP contribution < -0.4 is 5.32 Å². The maximum atomic E-state index is 12.4. The largest absolute Gasteiger partial charge is 0.416 e. The molecular weight excluding hydrogens is 259 g/mol. The van der Waals surface area contributed by atoms with Gasteiger partial charge in [-0.15, -0.1) is 10.2 Å². The molecule has 5 nitrogen and oxygen atoms in total. The van der Waals surface area contributed by atoms with Crippen LogP contribution in [0.15, 0.2) is 24.3 Å². The third-order valence-corrected chi connectivity index (χ3v) is 2.64. The van der Waals surface area contributed by atoms with Crippen molar-refractivity contribution in [2.24, 2.45) is 0 Å². The summed E-state index contributed by atoms with van der Waals surface area (Å²) in [7, 11) is 0. The van der Waals surface area contributed by atoms with Gasteiger partial charge in [-0.25, -0.2) is 0 Å². The van der Waals surface area contributed by atoms with Crippen LogP contribution >= 0.6 is 0 Å². The number of alkyl halides is 3. The summed E-state index contributed by atoms with van der Waals surface area (Å²) in [5, 5.41) is 16.5. The van der Waals surface area contributed by atoms with Gasteiger partial charge in [-0.05, 0) is 24.6 Å². The van der Waals surface area contributed by atoms with Crippen LogP contribution in [0.3, 0.4) is 0 Å². The molecule has 2 aromatic rings. The maximum Gasteiger partial charge on any atom is 0.416 e. The Bertz CT molecular complexity index is 506. The Hall–Kier alpha value is -1.96. The standard InChI is InChI=1S/C11H12F3N5/c1-7(10-16-18-19-17-10)15-6-8-2-4-9(5-3-8)11(12,13)14/h2-5,7,15H,6H2,1H3,(H,16,17,18,19). The molecule has 0 aliphatic heterocycles. The van der Waals surface area contributed by atoms with Gasteiger partial charge in [0, 0.05) is 6.54 Å². The number of hydrogen-bond acceptors (Lipinski definition) is 4. The topological polar surface area (TPSA) is 66.5 Å². The van der Waals surface area contributed by atoms with Crippen molar-refractivity contribution >= 4 is 0 Å². The molecule has 0 radical (unpaired) electrons. The molecule has 0 spiro atoms. The van der Waals surface area contributed by atoms with E-state index in [1.165, 1.54) is 12.1 Å². The van der Waals surface area contributed by atoms with Crippen LogP contribution in [0.2, 0.25) is 0 Å². The summed E-state index contributed by atoms with van der Waals surface area (Å²) < 4.78 is 37.1. The second-order valence-corrected chi connectivity index (χ2v) is 4.07. The molecule has 1 aromatic carbocycles. The van der Waals surface area contributed by atoms with E-state index in [-0.39, 0.29) is 6.04 Å². The second-order valence-electron chi connectivity index (χ2n) is 4.07. The third kappa shape index (κ3) is 3.50. The zero-order valence-corrected chi connectivity index (χ0v) is 10.1. The smallest absolute Gasteiger partial charge is 0.303 e. The molecule has 1 atom stereocenters. The number of aromatic nitrogens is 4. The first-order valence-electron chi connectivity index (χ1n) is 5.59. The SMILES string of the molecule is CC(NCc1ccc(C(F)(F)F)cc1)c1nn[nH]n1. The van der Waals surface area contributed by atoms with Crippen molar-refractivity contribution < 1.29 is 13.2 Å². The minimum atomic E-state index is -4.30. The van der Waals surface area contributed by atoms with Gasteiger partial charge in [-0.3, -0.25) is 0 Å². The fourth-order valence-electron chi connectivity index (χ4n) is 1.53. The second kappa shape index (κ2) is 5.35. The molecular formula is C11H12F3N5. The highest BCUT2D eigenvalue weighted by Gasteiger charge is 2.29. The highest BCUT2D eigenvalue weighted by atomic mass is 19.4. The van der Waals surface area contributed by atoms with Crippen molar-refractivity contribution in [2.45, 2.75) is 25.7 Å². The first-order valence-corrected chi connectivity index (χ1v) is 5.59. The van der Waals surface area contributed by atoms with Crippen molar-refractivity contribution in [3.63, 3.8) is 0 Å². The molecule has 8 heteroatoms. The summed E-state index contributed by atoms with van der Waals surface area (Å²) in [6, 6.07) is 4.88. The average Bonchev–Trinajstić information content (AvgIpc) is 2.89. The molecule has 0 aliphatic carbocycles. The molecule has 0 fully saturated rings. The molecule has 1 unspecified atom stereocenters. The van der Waals surface area contributed by atoms with Gasteiger partial charge < -0.3 is 5.32 Å². The lowest BCUT2D eigenvalue weighted by atomic mass is 10.1. The van der Waals surface area contributed by atoms with Gasteiger partial charge in [-0.2, -0.15) is 18.4 Å². The van der Waals surface area contributed by atoms with Gasteiger partial charge in [0.25, 0.3) is 0 Å². The van der Waals surface area contributed by atoms with Crippen molar-refractivity contribution in [2.75, 3.05) is 0 Å². The number of nitrogens with one attached hydrogen (secondary N) is 2. The van der Waals surface area contributed by atoms with Crippen molar-refractivity contribution in [3.8, 4) is 0 Å². The highest BCUT2D eigenvalue weighted by molar-refractivity contribution is 5.24. The summed E-state index contributed by atoms with van der Waals surface area (Å²) in [4.78, 5) is 0. The van der Waals surface area contributed by atoms with E-state index in [1.807, 2.05) is 6.92 Å². The van der Waals surface area contributed by atoms with Crippen molar-refractivity contribution in [1.82, 2.24) is 25.9 Å². The minimum absolute atomic E-state index is 0.138. The molecule has 2 rings (SSSR count). The molecule has 0 amide bonds. The van der Waals surface area contributed by atoms with Crippen LogP contribution in [0.25, 0.3) is 0 Å². The Labute approximate surface area is 107 Å². The minimum Gasteiger partial charge on any atom is -0.303 e. The lowest BCUT2D eigenvalue weighted by molar-refractivity contribution is -0.137. The molecule has 0 bridgehead atoms. The summed E-state index contributed by atoms with van der Waals surface area (Å²) in [5.74, 6) is 0.506. The summed E-state index contributed by atoms with van der Waals surface area (Å²) in [6.45, 7) is 2.27. The number of aromatic amines is 1. The van der Waals surface area contributed by atoms with Crippen molar-refractivity contribution in [1.29, 1.82) is 0 Å². The number of hydrogen-bond donors (Lipinski definition) is 2. The fraction of sp³-hybridized carbons (Fsp3) is 0.364. The molecule has 0 saturated carbocycles. The monoisotopic (exact) mass is 271 g/mol. The van der Waals surface area contributed by atoms with Gasteiger partial charge in [0.2, 0.25) is 0 Å². The van der Waals surface area contributed by atoms with E-state index in [4.69, 9.17) is 0 Å². The quantitative estimate of drug-likeness (QED) is 0.893. The summed E-state index contributed by atoms with van der Waals surface area (Å²) >= 11 is 0. The zero-order chi connectivity index (χ0) is 13.9. The number of H-pyrrole nitrogens is 1. The lowest BCUT2D eigenvalue weighted by Gasteiger charge is -2.11. The first-order chi connectivity index (χ1) is 8.97. The van der Waals surface area contributed by atoms with Crippen LogP contribution in [0.4, 0.5) is 13.2 Å². The number of benzene rings is 1. The van der Waals surface area contributed by atoms with Crippen molar-refractivity contribution in [3.05, 3.63) is 41.2 Å². The van der Waals surface area contributed by atoms with E-state index in [0.717, 1.165) is 17.7 Å². The Balaban J connectivity index is 1.93. The van der Waals surface area contributed by atoms with Crippen LogP contribution in [-0.2, 0) is 12.7 Å². The van der Waals surface area contributed by atoms with Crippen LogP contribution in [0.5, 0.6) is 0 Å². The molecule has 2 N–H and O–H groups in total.